The van der Waals surface area contributed by atoms with Crippen molar-refractivity contribution in [2.75, 3.05) is 0 Å². The van der Waals surface area contributed by atoms with E-state index in [9.17, 15) is 4.39 Å². The second kappa shape index (κ2) is 4.01. The van der Waals surface area contributed by atoms with Gasteiger partial charge in [-0.3, -0.25) is 0 Å². The molecular weight excluding hydrogens is 167 g/mol. The van der Waals surface area contributed by atoms with Crippen molar-refractivity contribution < 1.29 is 4.39 Å². The molecule has 0 bridgehead atoms. The topological polar surface area (TPSA) is 49.8 Å². The Balaban J connectivity index is 3.02. The molecule has 3 heteroatoms. The van der Waals surface area contributed by atoms with Crippen molar-refractivity contribution in [3.8, 4) is 6.07 Å². The first-order valence-corrected chi connectivity index (χ1v) is 4.04. The van der Waals surface area contributed by atoms with Crippen molar-refractivity contribution in [3.05, 3.63) is 35.1 Å². The van der Waals surface area contributed by atoms with Gasteiger partial charge in [-0.15, -0.1) is 0 Å². The summed E-state index contributed by atoms with van der Waals surface area (Å²) >= 11 is 0. The number of nitrogens with zero attached hydrogens (tertiary/aromatic N) is 1. The van der Waals surface area contributed by atoms with Crippen LogP contribution in [0.5, 0.6) is 0 Å². The van der Waals surface area contributed by atoms with Gasteiger partial charge in [-0.1, -0.05) is 12.1 Å². The largest absolute Gasteiger partial charge is 0.323 e. The fourth-order valence-corrected chi connectivity index (χ4v) is 1.23. The van der Waals surface area contributed by atoms with Crippen molar-refractivity contribution >= 4 is 0 Å². The lowest BCUT2D eigenvalue weighted by Crippen LogP contribution is -2.11. The van der Waals surface area contributed by atoms with Gasteiger partial charge >= 0.3 is 0 Å². The molecule has 1 rings (SSSR count). The van der Waals surface area contributed by atoms with Crippen molar-refractivity contribution in [3.63, 3.8) is 0 Å². The van der Waals surface area contributed by atoms with Crippen LogP contribution < -0.4 is 5.73 Å². The summed E-state index contributed by atoms with van der Waals surface area (Å²) in [6, 6.07) is 6.32. The van der Waals surface area contributed by atoms with Gasteiger partial charge < -0.3 is 5.73 Å². The maximum Gasteiger partial charge on any atom is 0.126 e. The lowest BCUT2D eigenvalue weighted by Gasteiger charge is -2.11. The summed E-state index contributed by atoms with van der Waals surface area (Å²) in [5.41, 5.74) is 6.93. The van der Waals surface area contributed by atoms with Gasteiger partial charge in [-0.25, -0.2) is 4.39 Å². The molecule has 0 radical (unpaired) electrons. The first kappa shape index (κ1) is 9.69. The predicted molar refractivity (Wildman–Crippen MR) is 48.3 cm³/mol. The van der Waals surface area contributed by atoms with Gasteiger partial charge in [0.15, 0.2) is 0 Å². The van der Waals surface area contributed by atoms with Crippen LogP contribution in [0.4, 0.5) is 4.39 Å². The molecule has 0 spiro atoms. The van der Waals surface area contributed by atoms with Crippen LogP contribution in [-0.2, 0) is 0 Å². The maximum absolute atomic E-state index is 13.0. The monoisotopic (exact) mass is 178 g/mol. The first-order valence-electron chi connectivity index (χ1n) is 4.04. The minimum atomic E-state index is -0.388. The van der Waals surface area contributed by atoms with Crippen LogP contribution in [0.3, 0.4) is 0 Å². The van der Waals surface area contributed by atoms with E-state index in [2.05, 4.69) is 0 Å². The molecule has 0 aliphatic heterocycles. The van der Waals surface area contributed by atoms with Crippen molar-refractivity contribution in [1.29, 1.82) is 5.26 Å². The zero-order chi connectivity index (χ0) is 9.84. The molecule has 1 aromatic rings. The van der Waals surface area contributed by atoms with Gasteiger partial charge in [0.05, 0.1) is 12.5 Å². The van der Waals surface area contributed by atoms with Crippen LogP contribution in [0.1, 0.15) is 23.6 Å². The quantitative estimate of drug-likeness (QED) is 0.753. The van der Waals surface area contributed by atoms with Crippen LogP contribution in [-0.4, -0.2) is 0 Å². The Kier molecular flexibility index (Phi) is 2.99. The Hall–Kier alpha value is -1.40. The standard InChI is InChI=1S/C10H11FN2/c1-7-8(10(13)5-6-12)3-2-4-9(7)11/h2-4,10H,5,13H2,1H3. The lowest BCUT2D eigenvalue weighted by molar-refractivity contribution is 0.608. The van der Waals surface area contributed by atoms with Crippen LogP contribution in [0.15, 0.2) is 18.2 Å². The molecule has 2 nitrogen and oxygen atoms in total. The molecule has 0 aliphatic rings. The van der Waals surface area contributed by atoms with Gasteiger partial charge in [-0.2, -0.15) is 5.26 Å². The number of benzene rings is 1. The highest BCUT2D eigenvalue weighted by Gasteiger charge is 2.10. The molecule has 1 atom stereocenters. The summed E-state index contributed by atoms with van der Waals surface area (Å²) < 4.78 is 13.0. The lowest BCUT2D eigenvalue weighted by atomic mass is 10.00. The van der Waals surface area contributed by atoms with Gasteiger partial charge in [0.25, 0.3) is 0 Å². The third kappa shape index (κ3) is 2.04. The smallest absolute Gasteiger partial charge is 0.126 e. The van der Waals surface area contributed by atoms with Crippen LogP contribution in [0, 0.1) is 24.1 Å². The predicted octanol–water partition coefficient (Wildman–Crippen LogP) is 2.05. The third-order valence-electron chi connectivity index (χ3n) is 2.02. The average molecular weight is 178 g/mol. The molecule has 0 fully saturated rings. The average Bonchev–Trinajstić information content (AvgIpc) is 2.10. The fraction of sp³-hybridized carbons (Fsp3) is 0.300. The second-order valence-electron chi connectivity index (χ2n) is 2.92. The Morgan fingerprint density at radius 1 is 1.62 bits per heavy atom. The molecule has 2 N–H and O–H groups in total. The van der Waals surface area contributed by atoms with Crippen LogP contribution >= 0.6 is 0 Å². The molecule has 0 aromatic heterocycles. The van der Waals surface area contributed by atoms with E-state index in [1.807, 2.05) is 6.07 Å². The number of hydrogen-bond donors (Lipinski definition) is 1. The third-order valence-corrected chi connectivity index (χ3v) is 2.02. The summed E-state index contributed by atoms with van der Waals surface area (Å²) in [6.07, 6.45) is 0.213. The van der Waals surface area contributed by atoms with E-state index in [4.69, 9.17) is 11.0 Å². The van der Waals surface area contributed by atoms with E-state index in [1.165, 1.54) is 6.07 Å². The van der Waals surface area contributed by atoms with Crippen molar-refractivity contribution in [1.82, 2.24) is 0 Å². The normalized spacial score (nSPS) is 12.2. The molecular formula is C10H11FN2. The molecule has 68 valence electrons. The number of nitrogens with two attached hydrogens (primary N) is 1. The molecule has 1 aromatic carbocycles. The van der Waals surface area contributed by atoms with E-state index < -0.39 is 0 Å². The van der Waals surface area contributed by atoms with Gasteiger partial charge in [0.1, 0.15) is 5.82 Å². The zero-order valence-corrected chi connectivity index (χ0v) is 7.42. The molecule has 13 heavy (non-hydrogen) atoms. The molecule has 0 saturated carbocycles. The number of halogens is 1. The number of rotatable bonds is 2. The summed E-state index contributed by atoms with van der Waals surface area (Å²) in [7, 11) is 0. The Morgan fingerprint density at radius 3 is 2.92 bits per heavy atom. The summed E-state index contributed by atoms with van der Waals surface area (Å²) in [6.45, 7) is 1.67. The molecule has 1 unspecified atom stereocenters. The maximum atomic E-state index is 13.0. The SMILES string of the molecule is Cc1c(F)cccc1C(N)CC#N. The minimum Gasteiger partial charge on any atom is -0.323 e. The molecule has 0 saturated heterocycles. The fourth-order valence-electron chi connectivity index (χ4n) is 1.23. The highest BCUT2D eigenvalue weighted by Crippen LogP contribution is 2.19. The summed E-state index contributed by atoms with van der Waals surface area (Å²) in [5, 5.41) is 8.43. The Labute approximate surface area is 76.8 Å². The second-order valence-corrected chi connectivity index (χ2v) is 2.92. The number of hydrogen-bond acceptors (Lipinski definition) is 2. The number of nitriles is 1. The van der Waals surface area contributed by atoms with Gasteiger partial charge in [0.2, 0.25) is 0 Å². The molecule has 0 amide bonds. The van der Waals surface area contributed by atoms with E-state index in [-0.39, 0.29) is 18.3 Å². The van der Waals surface area contributed by atoms with Crippen LogP contribution in [0.25, 0.3) is 0 Å². The Morgan fingerprint density at radius 2 is 2.31 bits per heavy atom. The summed E-state index contributed by atoms with van der Waals surface area (Å²) in [4.78, 5) is 0. The molecule has 0 aliphatic carbocycles. The summed E-state index contributed by atoms with van der Waals surface area (Å²) in [5.74, 6) is -0.272. The van der Waals surface area contributed by atoms with E-state index in [0.29, 0.717) is 11.1 Å². The van der Waals surface area contributed by atoms with Gasteiger partial charge in [0, 0.05) is 6.04 Å². The van der Waals surface area contributed by atoms with E-state index >= 15 is 0 Å². The minimum absolute atomic E-state index is 0.213. The van der Waals surface area contributed by atoms with Crippen molar-refractivity contribution in [2.24, 2.45) is 5.73 Å². The van der Waals surface area contributed by atoms with Crippen LogP contribution in [0.2, 0.25) is 0 Å². The zero-order valence-electron chi connectivity index (χ0n) is 7.42. The first-order chi connectivity index (χ1) is 6.16. The Bertz CT molecular complexity index is 341. The highest BCUT2D eigenvalue weighted by atomic mass is 19.1. The highest BCUT2D eigenvalue weighted by molar-refractivity contribution is 5.30. The molecule has 0 heterocycles. The van der Waals surface area contributed by atoms with E-state index in [0.717, 1.165) is 0 Å². The van der Waals surface area contributed by atoms with Gasteiger partial charge in [-0.05, 0) is 24.1 Å². The van der Waals surface area contributed by atoms with E-state index in [1.54, 1.807) is 19.1 Å². The van der Waals surface area contributed by atoms with Crippen molar-refractivity contribution in [2.45, 2.75) is 19.4 Å².